The van der Waals surface area contributed by atoms with E-state index in [1.165, 1.54) is 6.08 Å². The number of esters is 1. The van der Waals surface area contributed by atoms with Crippen LogP contribution in [0, 0.1) is 0 Å². The van der Waals surface area contributed by atoms with Gasteiger partial charge in [0.1, 0.15) is 0 Å². The molecule has 1 aromatic carbocycles. The molecule has 2 rings (SSSR count). The zero-order valence-corrected chi connectivity index (χ0v) is 10.1. The SMILES string of the molecule is CCOC(=O)/C=C/n1cnc(-c2ccccc2)c1. The highest BCUT2D eigenvalue weighted by Crippen LogP contribution is 2.15. The second-order valence-corrected chi connectivity index (χ2v) is 3.64. The monoisotopic (exact) mass is 242 g/mol. The molecule has 1 aromatic heterocycles. The average Bonchev–Trinajstić information content (AvgIpc) is 2.87. The van der Waals surface area contributed by atoms with E-state index in [0.29, 0.717) is 6.61 Å². The molecule has 1 heterocycles. The molecule has 0 amide bonds. The molecule has 0 unspecified atom stereocenters. The van der Waals surface area contributed by atoms with Crippen LogP contribution in [0.1, 0.15) is 6.92 Å². The third kappa shape index (κ3) is 3.07. The Morgan fingerprint density at radius 1 is 1.39 bits per heavy atom. The molecule has 4 nitrogen and oxygen atoms in total. The lowest BCUT2D eigenvalue weighted by atomic mass is 10.2. The van der Waals surface area contributed by atoms with Gasteiger partial charge in [0.15, 0.2) is 0 Å². The van der Waals surface area contributed by atoms with E-state index in [9.17, 15) is 4.79 Å². The zero-order chi connectivity index (χ0) is 12.8. The van der Waals surface area contributed by atoms with Crippen molar-refractivity contribution in [1.29, 1.82) is 0 Å². The third-order valence-electron chi connectivity index (χ3n) is 2.34. The minimum absolute atomic E-state index is 0.354. The predicted octanol–water partition coefficient (Wildman–Crippen LogP) is 2.58. The standard InChI is InChI=1S/C14H14N2O2/c1-2-18-14(17)8-9-16-10-13(15-11-16)12-6-4-3-5-7-12/h3-11H,2H2,1H3/b9-8+. The Hall–Kier alpha value is -2.36. The molecular formula is C14H14N2O2. The summed E-state index contributed by atoms with van der Waals surface area (Å²) in [4.78, 5) is 15.4. The third-order valence-corrected chi connectivity index (χ3v) is 2.34. The second-order valence-electron chi connectivity index (χ2n) is 3.64. The number of aromatic nitrogens is 2. The number of hydrogen-bond donors (Lipinski definition) is 0. The van der Waals surface area contributed by atoms with Gasteiger partial charge in [-0.25, -0.2) is 9.78 Å². The molecule has 0 bridgehead atoms. The van der Waals surface area contributed by atoms with E-state index in [1.807, 2.05) is 36.5 Å². The Morgan fingerprint density at radius 2 is 2.17 bits per heavy atom. The van der Waals surface area contributed by atoms with Crippen LogP contribution in [0.15, 0.2) is 48.9 Å². The van der Waals surface area contributed by atoms with Gasteiger partial charge in [-0.3, -0.25) is 0 Å². The van der Waals surface area contributed by atoms with Crippen LogP contribution in [-0.4, -0.2) is 22.1 Å². The van der Waals surface area contributed by atoms with Crippen molar-refractivity contribution in [2.24, 2.45) is 0 Å². The number of carbonyl (C=O) groups excluding carboxylic acids is 1. The van der Waals surface area contributed by atoms with E-state index >= 15 is 0 Å². The Kier molecular flexibility index (Phi) is 3.91. The van der Waals surface area contributed by atoms with E-state index in [1.54, 1.807) is 24.0 Å². The molecule has 0 radical (unpaired) electrons. The highest BCUT2D eigenvalue weighted by atomic mass is 16.5. The molecule has 0 fully saturated rings. The fourth-order valence-corrected chi connectivity index (χ4v) is 1.51. The lowest BCUT2D eigenvalue weighted by Gasteiger charge is -1.95. The summed E-state index contributed by atoms with van der Waals surface area (Å²) in [6.45, 7) is 2.15. The van der Waals surface area contributed by atoms with Crippen molar-refractivity contribution in [2.45, 2.75) is 6.92 Å². The first-order chi connectivity index (χ1) is 8.79. The fourth-order valence-electron chi connectivity index (χ4n) is 1.51. The molecule has 0 atom stereocenters. The quantitative estimate of drug-likeness (QED) is 0.611. The molecule has 0 N–H and O–H groups in total. The van der Waals surface area contributed by atoms with E-state index < -0.39 is 0 Å². The van der Waals surface area contributed by atoms with E-state index in [0.717, 1.165) is 11.3 Å². The van der Waals surface area contributed by atoms with Gasteiger partial charge in [-0.2, -0.15) is 0 Å². The predicted molar refractivity (Wildman–Crippen MR) is 69.6 cm³/mol. The number of ether oxygens (including phenoxy) is 1. The maximum atomic E-state index is 11.2. The molecule has 0 aliphatic heterocycles. The van der Waals surface area contributed by atoms with Crippen LogP contribution < -0.4 is 0 Å². The van der Waals surface area contributed by atoms with Gasteiger partial charge in [0, 0.05) is 24.0 Å². The van der Waals surface area contributed by atoms with Gasteiger partial charge in [-0.15, -0.1) is 0 Å². The highest BCUT2D eigenvalue weighted by molar-refractivity contribution is 5.85. The van der Waals surface area contributed by atoms with E-state index in [4.69, 9.17) is 4.74 Å². The van der Waals surface area contributed by atoms with Crippen molar-refractivity contribution < 1.29 is 9.53 Å². The van der Waals surface area contributed by atoms with Crippen LogP contribution in [0.2, 0.25) is 0 Å². The van der Waals surface area contributed by atoms with Gasteiger partial charge < -0.3 is 9.30 Å². The first-order valence-electron chi connectivity index (χ1n) is 5.73. The molecule has 92 valence electrons. The summed E-state index contributed by atoms with van der Waals surface area (Å²) in [5, 5.41) is 0. The van der Waals surface area contributed by atoms with Crippen molar-refractivity contribution in [3.05, 3.63) is 48.9 Å². The smallest absolute Gasteiger partial charge is 0.332 e. The summed E-state index contributed by atoms with van der Waals surface area (Å²) in [5.41, 5.74) is 1.91. The minimum atomic E-state index is -0.354. The highest BCUT2D eigenvalue weighted by Gasteiger charge is 2.00. The van der Waals surface area contributed by atoms with Crippen molar-refractivity contribution in [3.8, 4) is 11.3 Å². The van der Waals surface area contributed by atoms with Gasteiger partial charge in [-0.1, -0.05) is 30.3 Å². The second kappa shape index (κ2) is 5.82. The van der Waals surface area contributed by atoms with Gasteiger partial charge >= 0.3 is 5.97 Å². The number of carbonyl (C=O) groups is 1. The summed E-state index contributed by atoms with van der Waals surface area (Å²) in [6.07, 6.45) is 6.50. The Labute approximate surface area is 106 Å². The summed E-state index contributed by atoms with van der Waals surface area (Å²) >= 11 is 0. The van der Waals surface area contributed by atoms with Crippen LogP contribution in [0.3, 0.4) is 0 Å². The van der Waals surface area contributed by atoms with E-state index in [-0.39, 0.29) is 5.97 Å². The largest absolute Gasteiger partial charge is 0.463 e. The van der Waals surface area contributed by atoms with Gasteiger partial charge in [-0.05, 0) is 6.92 Å². The fraction of sp³-hybridized carbons (Fsp3) is 0.143. The summed E-state index contributed by atoms with van der Waals surface area (Å²) in [7, 11) is 0. The topological polar surface area (TPSA) is 44.1 Å². The number of benzene rings is 1. The summed E-state index contributed by atoms with van der Waals surface area (Å²) in [5.74, 6) is -0.354. The minimum Gasteiger partial charge on any atom is -0.463 e. The van der Waals surface area contributed by atoms with E-state index in [2.05, 4.69) is 4.98 Å². The van der Waals surface area contributed by atoms with Crippen molar-refractivity contribution >= 4 is 12.2 Å². The number of imidazole rings is 1. The van der Waals surface area contributed by atoms with Crippen molar-refractivity contribution in [2.75, 3.05) is 6.61 Å². The van der Waals surface area contributed by atoms with Gasteiger partial charge in [0.25, 0.3) is 0 Å². The average molecular weight is 242 g/mol. The van der Waals surface area contributed by atoms with Crippen LogP contribution in [0.25, 0.3) is 17.5 Å². The Morgan fingerprint density at radius 3 is 2.89 bits per heavy atom. The first-order valence-corrected chi connectivity index (χ1v) is 5.73. The molecule has 4 heteroatoms. The van der Waals surface area contributed by atoms with Gasteiger partial charge in [0.05, 0.1) is 18.6 Å². The van der Waals surface area contributed by atoms with Crippen LogP contribution >= 0.6 is 0 Å². The molecule has 2 aromatic rings. The number of hydrogen-bond acceptors (Lipinski definition) is 3. The van der Waals surface area contributed by atoms with Crippen LogP contribution in [-0.2, 0) is 9.53 Å². The maximum Gasteiger partial charge on any atom is 0.332 e. The molecular weight excluding hydrogens is 228 g/mol. The molecule has 0 saturated heterocycles. The van der Waals surface area contributed by atoms with Crippen molar-refractivity contribution in [3.63, 3.8) is 0 Å². The number of nitrogens with zero attached hydrogens (tertiary/aromatic N) is 2. The van der Waals surface area contributed by atoms with Crippen molar-refractivity contribution in [1.82, 2.24) is 9.55 Å². The van der Waals surface area contributed by atoms with Crippen LogP contribution in [0.5, 0.6) is 0 Å². The van der Waals surface area contributed by atoms with Crippen LogP contribution in [0.4, 0.5) is 0 Å². The molecule has 0 aliphatic rings. The molecule has 0 spiro atoms. The zero-order valence-electron chi connectivity index (χ0n) is 10.1. The molecule has 18 heavy (non-hydrogen) atoms. The molecule has 0 aliphatic carbocycles. The van der Waals surface area contributed by atoms with Gasteiger partial charge in [0.2, 0.25) is 0 Å². The summed E-state index contributed by atoms with van der Waals surface area (Å²) in [6, 6.07) is 9.86. The maximum absolute atomic E-state index is 11.2. The lowest BCUT2D eigenvalue weighted by molar-refractivity contribution is -0.137. The lowest BCUT2D eigenvalue weighted by Crippen LogP contribution is -1.99. The number of rotatable bonds is 4. The Bertz CT molecular complexity index is 544. The first kappa shape index (κ1) is 12.1. The molecule has 0 saturated carbocycles. The Balaban J connectivity index is 2.09. The summed E-state index contributed by atoms with van der Waals surface area (Å²) < 4.78 is 6.52. The normalized spacial score (nSPS) is 10.7.